The normalized spacial score (nSPS) is 11.3. The van der Waals surface area contributed by atoms with E-state index in [-0.39, 0.29) is 18.1 Å². The van der Waals surface area contributed by atoms with Gasteiger partial charge in [-0.05, 0) is 67.1 Å². The topological polar surface area (TPSA) is 113 Å². The molecule has 2 amide bonds. The van der Waals surface area contributed by atoms with Crippen molar-refractivity contribution in [3.05, 3.63) is 90.4 Å². The number of urea groups is 1. The van der Waals surface area contributed by atoms with E-state index in [1.165, 1.54) is 5.56 Å². The highest BCUT2D eigenvalue weighted by Gasteiger charge is 2.21. The molecule has 38 heavy (non-hydrogen) atoms. The molecule has 0 bridgehead atoms. The summed E-state index contributed by atoms with van der Waals surface area (Å²) >= 11 is 0. The standard InChI is InChI=1S/C29H34N6O3/c1-29(2,3)26-20-27(35(34-26)23-8-4-21(5-9-23)12-15-31-18-19-36)33-28(37)32-22-6-10-24(11-7-22)38-25-13-16-30-17-14-25/h4-11,13-14,16-17,20,31,36H,12,15,18-19H2,1-3H3,(H2,32,33,37). The lowest BCUT2D eigenvalue weighted by Gasteiger charge is -2.14. The molecule has 4 rings (SSSR count). The molecule has 198 valence electrons. The zero-order valence-corrected chi connectivity index (χ0v) is 21.9. The minimum absolute atomic E-state index is 0.129. The molecule has 0 fully saturated rings. The number of anilines is 2. The highest BCUT2D eigenvalue weighted by Crippen LogP contribution is 2.27. The van der Waals surface area contributed by atoms with Crippen molar-refractivity contribution in [1.29, 1.82) is 0 Å². The number of aromatic nitrogens is 3. The van der Waals surface area contributed by atoms with E-state index in [1.807, 2.05) is 30.3 Å². The average molecular weight is 515 g/mol. The summed E-state index contributed by atoms with van der Waals surface area (Å²) in [5.74, 6) is 1.91. The van der Waals surface area contributed by atoms with Crippen LogP contribution >= 0.6 is 0 Å². The van der Waals surface area contributed by atoms with E-state index in [1.54, 1.807) is 53.5 Å². The number of benzene rings is 2. The Morgan fingerprint density at radius 1 is 0.921 bits per heavy atom. The average Bonchev–Trinajstić information content (AvgIpc) is 3.33. The lowest BCUT2D eigenvalue weighted by Crippen LogP contribution is -2.21. The van der Waals surface area contributed by atoms with Crippen molar-refractivity contribution in [1.82, 2.24) is 20.1 Å². The van der Waals surface area contributed by atoms with Gasteiger partial charge < -0.3 is 20.5 Å². The Morgan fingerprint density at radius 2 is 1.61 bits per heavy atom. The Labute approximate surface area is 222 Å². The molecule has 0 aliphatic carbocycles. The predicted octanol–water partition coefficient (Wildman–Crippen LogP) is 5.13. The summed E-state index contributed by atoms with van der Waals surface area (Å²) in [6.07, 6.45) is 4.18. The zero-order valence-electron chi connectivity index (χ0n) is 21.9. The van der Waals surface area contributed by atoms with Gasteiger partial charge in [-0.2, -0.15) is 5.10 Å². The molecule has 0 spiro atoms. The number of aliphatic hydroxyl groups is 1. The Balaban J connectivity index is 1.44. The smallest absolute Gasteiger partial charge is 0.324 e. The molecule has 2 heterocycles. The molecule has 2 aromatic carbocycles. The number of amides is 2. The maximum absolute atomic E-state index is 12.9. The fourth-order valence-corrected chi connectivity index (χ4v) is 3.70. The van der Waals surface area contributed by atoms with Crippen molar-refractivity contribution in [2.75, 3.05) is 30.3 Å². The zero-order chi connectivity index (χ0) is 27.0. The summed E-state index contributed by atoms with van der Waals surface area (Å²) in [5, 5.41) is 22.7. The second-order valence-corrected chi connectivity index (χ2v) is 9.86. The van der Waals surface area contributed by atoms with Gasteiger partial charge >= 0.3 is 6.03 Å². The summed E-state index contributed by atoms with van der Waals surface area (Å²) < 4.78 is 7.53. The second kappa shape index (κ2) is 12.4. The van der Waals surface area contributed by atoms with Crippen LogP contribution in [0.4, 0.5) is 16.3 Å². The van der Waals surface area contributed by atoms with E-state index in [0.717, 1.165) is 24.3 Å². The van der Waals surface area contributed by atoms with Crippen LogP contribution in [-0.2, 0) is 11.8 Å². The predicted molar refractivity (Wildman–Crippen MR) is 149 cm³/mol. The Kier molecular flexibility index (Phi) is 8.73. The quantitative estimate of drug-likeness (QED) is 0.218. The first-order valence-corrected chi connectivity index (χ1v) is 12.6. The molecule has 0 atom stereocenters. The van der Waals surface area contributed by atoms with Crippen LogP contribution in [0.15, 0.2) is 79.1 Å². The first-order chi connectivity index (χ1) is 18.3. The largest absolute Gasteiger partial charge is 0.457 e. The molecule has 0 aliphatic rings. The molecule has 4 N–H and O–H groups in total. The fraction of sp³-hybridized carbons (Fsp3) is 0.276. The number of aliphatic hydroxyl groups excluding tert-OH is 1. The van der Waals surface area contributed by atoms with Crippen molar-refractivity contribution in [2.24, 2.45) is 0 Å². The lowest BCUT2D eigenvalue weighted by atomic mass is 9.92. The number of hydrogen-bond acceptors (Lipinski definition) is 6. The van der Waals surface area contributed by atoms with Crippen molar-refractivity contribution >= 4 is 17.5 Å². The van der Waals surface area contributed by atoms with Crippen LogP contribution < -0.4 is 20.7 Å². The SMILES string of the molecule is CC(C)(C)c1cc(NC(=O)Nc2ccc(Oc3ccncc3)cc2)n(-c2ccc(CCNCCO)cc2)n1. The minimum Gasteiger partial charge on any atom is -0.457 e. The Morgan fingerprint density at radius 3 is 2.26 bits per heavy atom. The number of rotatable bonds is 10. The lowest BCUT2D eigenvalue weighted by molar-refractivity contribution is 0.262. The van der Waals surface area contributed by atoms with E-state index < -0.39 is 0 Å². The minimum atomic E-state index is -0.374. The maximum atomic E-state index is 12.9. The number of nitrogens with zero attached hydrogens (tertiary/aromatic N) is 3. The third kappa shape index (κ3) is 7.41. The van der Waals surface area contributed by atoms with Crippen LogP contribution in [-0.4, -0.2) is 45.6 Å². The van der Waals surface area contributed by atoms with Gasteiger partial charge in [0.05, 0.1) is 18.0 Å². The number of nitrogens with one attached hydrogen (secondary N) is 3. The van der Waals surface area contributed by atoms with Gasteiger partial charge in [0.1, 0.15) is 17.3 Å². The van der Waals surface area contributed by atoms with Crippen LogP contribution in [0.1, 0.15) is 32.0 Å². The van der Waals surface area contributed by atoms with Gasteiger partial charge in [-0.1, -0.05) is 32.9 Å². The number of pyridine rings is 1. The number of ether oxygens (including phenoxy) is 1. The van der Waals surface area contributed by atoms with Crippen molar-refractivity contribution in [3.63, 3.8) is 0 Å². The number of carbonyl (C=O) groups excluding carboxylic acids is 1. The summed E-state index contributed by atoms with van der Waals surface area (Å²) in [5.41, 5.74) is 3.32. The molecule has 4 aromatic rings. The van der Waals surface area contributed by atoms with E-state index >= 15 is 0 Å². The summed E-state index contributed by atoms with van der Waals surface area (Å²) in [7, 11) is 0. The first kappa shape index (κ1) is 26.8. The first-order valence-electron chi connectivity index (χ1n) is 12.6. The molecule has 0 radical (unpaired) electrons. The van der Waals surface area contributed by atoms with E-state index in [2.05, 4.69) is 41.7 Å². The Bertz CT molecular complexity index is 1310. The summed E-state index contributed by atoms with van der Waals surface area (Å²) in [6, 6.07) is 20.3. The monoisotopic (exact) mass is 514 g/mol. The van der Waals surface area contributed by atoms with E-state index in [0.29, 0.717) is 29.5 Å². The van der Waals surface area contributed by atoms with Crippen LogP contribution in [0.25, 0.3) is 5.69 Å². The van der Waals surface area contributed by atoms with Crippen LogP contribution in [0.5, 0.6) is 11.5 Å². The molecule has 9 nitrogen and oxygen atoms in total. The molecule has 0 aliphatic heterocycles. The van der Waals surface area contributed by atoms with Gasteiger partial charge in [0.2, 0.25) is 0 Å². The molecular formula is C29H34N6O3. The highest BCUT2D eigenvalue weighted by molar-refractivity contribution is 5.99. The molecule has 9 heteroatoms. The van der Waals surface area contributed by atoms with Crippen LogP contribution in [0.3, 0.4) is 0 Å². The Hall–Kier alpha value is -4.21. The van der Waals surface area contributed by atoms with Crippen LogP contribution in [0, 0.1) is 0 Å². The van der Waals surface area contributed by atoms with Crippen molar-refractivity contribution in [3.8, 4) is 17.2 Å². The maximum Gasteiger partial charge on any atom is 0.324 e. The van der Waals surface area contributed by atoms with E-state index in [9.17, 15) is 4.79 Å². The van der Waals surface area contributed by atoms with Gasteiger partial charge in [0.15, 0.2) is 0 Å². The highest BCUT2D eigenvalue weighted by atomic mass is 16.5. The molecule has 2 aromatic heterocycles. The number of hydrogen-bond donors (Lipinski definition) is 4. The molecular weight excluding hydrogens is 480 g/mol. The van der Waals surface area contributed by atoms with Crippen molar-refractivity contribution in [2.45, 2.75) is 32.6 Å². The third-order valence-corrected chi connectivity index (χ3v) is 5.78. The van der Waals surface area contributed by atoms with Gasteiger partial charge in [-0.25, -0.2) is 9.48 Å². The summed E-state index contributed by atoms with van der Waals surface area (Å²) in [6.45, 7) is 7.76. The van der Waals surface area contributed by atoms with Gasteiger partial charge in [-0.3, -0.25) is 10.3 Å². The van der Waals surface area contributed by atoms with Crippen molar-refractivity contribution < 1.29 is 14.6 Å². The molecule has 0 saturated heterocycles. The molecule has 0 saturated carbocycles. The number of carbonyl (C=O) groups is 1. The van der Waals surface area contributed by atoms with Gasteiger partial charge in [0, 0.05) is 36.1 Å². The van der Waals surface area contributed by atoms with Gasteiger partial charge in [0.25, 0.3) is 0 Å². The van der Waals surface area contributed by atoms with Gasteiger partial charge in [-0.15, -0.1) is 0 Å². The van der Waals surface area contributed by atoms with E-state index in [4.69, 9.17) is 14.9 Å². The second-order valence-electron chi connectivity index (χ2n) is 9.86. The third-order valence-electron chi connectivity index (χ3n) is 5.78. The van der Waals surface area contributed by atoms with Crippen LogP contribution in [0.2, 0.25) is 0 Å². The molecule has 0 unspecified atom stereocenters. The fourth-order valence-electron chi connectivity index (χ4n) is 3.70. The summed E-state index contributed by atoms with van der Waals surface area (Å²) in [4.78, 5) is 16.9.